The SMILES string of the molecule is C=CCCC(C)C(C)C(C)C(=O)O. The number of rotatable bonds is 6. The summed E-state index contributed by atoms with van der Waals surface area (Å²) in [5, 5.41) is 8.81. The molecule has 0 aromatic heterocycles. The molecule has 0 spiro atoms. The average molecular weight is 184 g/mol. The lowest BCUT2D eigenvalue weighted by Gasteiger charge is -2.22. The Hall–Kier alpha value is -0.790. The predicted molar refractivity (Wildman–Crippen MR) is 54.6 cm³/mol. The van der Waals surface area contributed by atoms with Crippen LogP contribution in [0, 0.1) is 17.8 Å². The lowest BCUT2D eigenvalue weighted by Crippen LogP contribution is -2.23. The fourth-order valence-corrected chi connectivity index (χ4v) is 1.36. The van der Waals surface area contributed by atoms with E-state index < -0.39 is 5.97 Å². The zero-order chi connectivity index (χ0) is 10.4. The summed E-state index contributed by atoms with van der Waals surface area (Å²) in [6.45, 7) is 9.54. The van der Waals surface area contributed by atoms with Gasteiger partial charge in [0.15, 0.2) is 0 Å². The predicted octanol–water partition coefficient (Wildman–Crippen LogP) is 2.95. The molecule has 13 heavy (non-hydrogen) atoms. The van der Waals surface area contributed by atoms with Crippen LogP contribution in [0.3, 0.4) is 0 Å². The molecule has 3 atom stereocenters. The van der Waals surface area contributed by atoms with E-state index >= 15 is 0 Å². The minimum atomic E-state index is -0.696. The summed E-state index contributed by atoms with van der Waals surface area (Å²) < 4.78 is 0. The van der Waals surface area contributed by atoms with Gasteiger partial charge in [-0.15, -0.1) is 6.58 Å². The molecule has 0 aliphatic carbocycles. The number of hydrogen-bond acceptors (Lipinski definition) is 1. The normalized spacial score (nSPS) is 17.5. The van der Waals surface area contributed by atoms with Gasteiger partial charge < -0.3 is 5.11 Å². The van der Waals surface area contributed by atoms with E-state index in [4.69, 9.17) is 5.11 Å². The second-order valence-electron chi connectivity index (χ2n) is 3.83. The third kappa shape index (κ3) is 4.11. The van der Waals surface area contributed by atoms with E-state index in [-0.39, 0.29) is 11.8 Å². The van der Waals surface area contributed by atoms with Gasteiger partial charge in [0.05, 0.1) is 5.92 Å². The Morgan fingerprint density at radius 1 is 1.46 bits per heavy atom. The summed E-state index contributed by atoms with van der Waals surface area (Å²) >= 11 is 0. The highest BCUT2D eigenvalue weighted by atomic mass is 16.4. The molecule has 0 amide bonds. The van der Waals surface area contributed by atoms with Crippen LogP contribution in [0.25, 0.3) is 0 Å². The van der Waals surface area contributed by atoms with Crippen LogP contribution in [-0.2, 0) is 4.79 Å². The second-order valence-corrected chi connectivity index (χ2v) is 3.83. The topological polar surface area (TPSA) is 37.3 Å². The molecular formula is C11H20O2. The second kappa shape index (κ2) is 5.79. The Morgan fingerprint density at radius 2 is 2.00 bits per heavy atom. The Labute approximate surface area is 80.7 Å². The van der Waals surface area contributed by atoms with Crippen molar-refractivity contribution in [1.82, 2.24) is 0 Å². The maximum absolute atomic E-state index is 10.7. The fraction of sp³-hybridized carbons (Fsp3) is 0.727. The van der Waals surface area contributed by atoms with Crippen LogP contribution in [0.2, 0.25) is 0 Å². The molecule has 0 saturated carbocycles. The van der Waals surface area contributed by atoms with Gasteiger partial charge in [-0.05, 0) is 24.7 Å². The quantitative estimate of drug-likeness (QED) is 0.644. The first kappa shape index (κ1) is 12.2. The van der Waals surface area contributed by atoms with E-state index in [2.05, 4.69) is 13.5 Å². The van der Waals surface area contributed by atoms with Gasteiger partial charge in [-0.3, -0.25) is 4.79 Å². The molecule has 0 fully saturated rings. The molecule has 0 aromatic rings. The van der Waals surface area contributed by atoms with Crippen LogP contribution >= 0.6 is 0 Å². The van der Waals surface area contributed by atoms with Crippen LogP contribution in [0.1, 0.15) is 33.6 Å². The van der Waals surface area contributed by atoms with Crippen LogP contribution in [0.4, 0.5) is 0 Å². The van der Waals surface area contributed by atoms with Gasteiger partial charge >= 0.3 is 5.97 Å². The highest BCUT2D eigenvalue weighted by Crippen LogP contribution is 2.24. The first-order valence-corrected chi connectivity index (χ1v) is 4.84. The Morgan fingerprint density at radius 3 is 2.38 bits per heavy atom. The summed E-state index contributed by atoms with van der Waals surface area (Å²) in [4.78, 5) is 10.7. The summed E-state index contributed by atoms with van der Waals surface area (Å²) in [6.07, 6.45) is 3.88. The lowest BCUT2D eigenvalue weighted by molar-refractivity contribution is -0.143. The molecule has 0 bridgehead atoms. The molecule has 2 nitrogen and oxygen atoms in total. The smallest absolute Gasteiger partial charge is 0.306 e. The van der Waals surface area contributed by atoms with Crippen LogP contribution in [-0.4, -0.2) is 11.1 Å². The van der Waals surface area contributed by atoms with Gasteiger partial charge in [0.25, 0.3) is 0 Å². The zero-order valence-corrected chi connectivity index (χ0v) is 8.79. The number of allylic oxidation sites excluding steroid dienone is 1. The van der Waals surface area contributed by atoms with E-state index in [1.807, 2.05) is 13.0 Å². The van der Waals surface area contributed by atoms with E-state index in [1.165, 1.54) is 0 Å². The molecule has 0 rings (SSSR count). The third-order valence-corrected chi connectivity index (χ3v) is 2.90. The van der Waals surface area contributed by atoms with Crippen molar-refractivity contribution in [3.8, 4) is 0 Å². The van der Waals surface area contributed by atoms with Gasteiger partial charge in [0.1, 0.15) is 0 Å². The average Bonchev–Trinajstić information content (AvgIpc) is 2.11. The minimum absolute atomic E-state index is 0.234. The van der Waals surface area contributed by atoms with Crippen molar-refractivity contribution in [3.63, 3.8) is 0 Å². The van der Waals surface area contributed by atoms with Crippen LogP contribution in [0.15, 0.2) is 12.7 Å². The molecule has 0 radical (unpaired) electrons. The Kier molecular flexibility index (Phi) is 5.44. The third-order valence-electron chi connectivity index (χ3n) is 2.90. The molecule has 0 aliphatic heterocycles. The monoisotopic (exact) mass is 184 g/mol. The van der Waals surface area contributed by atoms with Gasteiger partial charge in [0.2, 0.25) is 0 Å². The minimum Gasteiger partial charge on any atom is -0.481 e. The van der Waals surface area contributed by atoms with Gasteiger partial charge in [0, 0.05) is 0 Å². The number of carbonyl (C=O) groups is 1. The van der Waals surface area contributed by atoms with Crippen molar-refractivity contribution in [1.29, 1.82) is 0 Å². The van der Waals surface area contributed by atoms with Gasteiger partial charge in [-0.25, -0.2) is 0 Å². The highest BCUT2D eigenvalue weighted by Gasteiger charge is 2.23. The number of carboxylic acids is 1. The maximum Gasteiger partial charge on any atom is 0.306 e. The number of hydrogen-bond donors (Lipinski definition) is 1. The highest BCUT2D eigenvalue weighted by molar-refractivity contribution is 5.69. The van der Waals surface area contributed by atoms with Crippen LogP contribution < -0.4 is 0 Å². The Bertz CT molecular complexity index is 175. The molecule has 3 unspecified atom stereocenters. The van der Waals surface area contributed by atoms with E-state index in [0.717, 1.165) is 12.8 Å². The zero-order valence-electron chi connectivity index (χ0n) is 8.79. The van der Waals surface area contributed by atoms with Crippen LogP contribution in [0.5, 0.6) is 0 Å². The van der Waals surface area contributed by atoms with Crippen molar-refractivity contribution in [2.45, 2.75) is 33.6 Å². The summed E-state index contributed by atoms with van der Waals surface area (Å²) in [6, 6.07) is 0. The lowest BCUT2D eigenvalue weighted by atomic mass is 9.82. The van der Waals surface area contributed by atoms with E-state index in [0.29, 0.717) is 5.92 Å². The van der Waals surface area contributed by atoms with Crippen molar-refractivity contribution in [2.75, 3.05) is 0 Å². The first-order valence-electron chi connectivity index (χ1n) is 4.84. The van der Waals surface area contributed by atoms with Crippen molar-refractivity contribution in [3.05, 3.63) is 12.7 Å². The molecule has 0 heterocycles. The molecule has 0 aliphatic rings. The van der Waals surface area contributed by atoms with E-state index in [9.17, 15) is 4.79 Å². The van der Waals surface area contributed by atoms with Gasteiger partial charge in [-0.1, -0.05) is 26.8 Å². The summed E-state index contributed by atoms with van der Waals surface area (Å²) in [7, 11) is 0. The summed E-state index contributed by atoms with van der Waals surface area (Å²) in [5.41, 5.74) is 0. The number of aliphatic carboxylic acids is 1. The number of carboxylic acid groups (broad SMARTS) is 1. The molecule has 76 valence electrons. The Balaban J connectivity index is 4.00. The largest absolute Gasteiger partial charge is 0.481 e. The van der Waals surface area contributed by atoms with Crippen molar-refractivity contribution in [2.24, 2.45) is 17.8 Å². The molecule has 2 heteroatoms. The first-order chi connectivity index (χ1) is 6.00. The van der Waals surface area contributed by atoms with Gasteiger partial charge in [-0.2, -0.15) is 0 Å². The molecular weight excluding hydrogens is 164 g/mol. The van der Waals surface area contributed by atoms with E-state index in [1.54, 1.807) is 6.92 Å². The van der Waals surface area contributed by atoms with Crippen molar-refractivity contribution < 1.29 is 9.90 Å². The maximum atomic E-state index is 10.7. The summed E-state index contributed by atoms with van der Waals surface area (Å²) in [5.74, 6) is -0.265. The van der Waals surface area contributed by atoms with Crippen molar-refractivity contribution >= 4 is 5.97 Å². The molecule has 0 saturated heterocycles. The fourth-order valence-electron chi connectivity index (χ4n) is 1.36. The molecule has 0 aromatic carbocycles. The standard InChI is InChI=1S/C11H20O2/c1-5-6-7-8(2)9(3)10(4)11(12)13/h5,8-10H,1,6-7H2,2-4H3,(H,12,13). The molecule has 1 N–H and O–H groups in total.